The van der Waals surface area contributed by atoms with Crippen LogP contribution in [0.2, 0.25) is 0 Å². The minimum atomic E-state index is -0.332. The van der Waals surface area contributed by atoms with Gasteiger partial charge < -0.3 is 4.74 Å². The van der Waals surface area contributed by atoms with E-state index in [4.69, 9.17) is 9.94 Å². The number of rotatable bonds is 3. The molecule has 1 aliphatic heterocycles. The van der Waals surface area contributed by atoms with Crippen LogP contribution in [0, 0.1) is 5.92 Å². The molecule has 6 heteroatoms. The lowest BCUT2D eigenvalue weighted by atomic mass is 10.1. The summed E-state index contributed by atoms with van der Waals surface area (Å²) in [5.74, 6) is -0.533. The summed E-state index contributed by atoms with van der Waals surface area (Å²) in [6, 6.07) is 0. The van der Waals surface area contributed by atoms with E-state index in [9.17, 15) is 4.79 Å². The zero-order chi connectivity index (χ0) is 11.4. The second-order valence-electron chi connectivity index (χ2n) is 4.35. The molecule has 0 aromatic rings. The highest BCUT2D eigenvalue weighted by Gasteiger charge is 2.25. The molecule has 16 heavy (non-hydrogen) atoms. The van der Waals surface area contributed by atoms with Crippen LogP contribution in [0.1, 0.15) is 20.8 Å². The minimum absolute atomic E-state index is 0. The van der Waals surface area contributed by atoms with Crippen molar-refractivity contribution >= 4 is 18.3 Å². The first-order valence-corrected chi connectivity index (χ1v) is 5.34. The highest BCUT2D eigenvalue weighted by molar-refractivity contribution is 5.85. The van der Waals surface area contributed by atoms with E-state index in [0.29, 0.717) is 6.54 Å². The van der Waals surface area contributed by atoms with Gasteiger partial charge in [-0.25, -0.2) is 5.48 Å². The Balaban J connectivity index is 0.00000225. The van der Waals surface area contributed by atoms with E-state index in [1.165, 1.54) is 0 Å². The van der Waals surface area contributed by atoms with Gasteiger partial charge >= 0.3 is 0 Å². The Labute approximate surface area is 103 Å². The van der Waals surface area contributed by atoms with Gasteiger partial charge in [-0.2, -0.15) is 0 Å². The van der Waals surface area contributed by atoms with Gasteiger partial charge in [-0.3, -0.25) is 14.9 Å². The van der Waals surface area contributed by atoms with E-state index < -0.39 is 0 Å². The van der Waals surface area contributed by atoms with Crippen LogP contribution in [0.3, 0.4) is 0 Å². The van der Waals surface area contributed by atoms with Gasteiger partial charge in [0, 0.05) is 25.6 Å². The Morgan fingerprint density at radius 1 is 1.50 bits per heavy atom. The Bertz CT molecular complexity index is 218. The Morgan fingerprint density at radius 2 is 2.00 bits per heavy atom. The fourth-order valence-electron chi connectivity index (χ4n) is 2.01. The zero-order valence-electron chi connectivity index (χ0n) is 9.97. The van der Waals surface area contributed by atoms with Gasteiger partial charge in [-0.1, -0.05) is 6.92 Å². The van der Waals surface area contributed by atoms with Gasteiger partial charge in [-0.15, -0.1) is 12.4 Å². The average Bonchev–Trinajstić information content (AvgIpc) is 2.14. The third-order valence-electron chi connectivity index (χ3n) is 2.59. The number of amides is 1. The van der Waals surface area contributed by atoms with E-state index in [1.54, 1.807) is 12.4 Å². The van der Waals surface area contributed by atoms with Crippen molar-refractivity contribution in [3.63, 3.8) is 0 Å². The Hall–Kier alpha value is -0.360. The number of nitrogens with zero attached hydrogens (tertiary/aromatic N) is 1. The van der Waals surface area contributed by atoms with Gasteiger partial charge in [0.1, 0.15) is 0 Å². The molecule has 3 atom stereocenters. The fraction of sp³-hybridized carbons (Fsp3) is 0.900. The first kappa shape index (κ1) is 15.6. The quantitative estimate of drug-likeness (QED) is 0.572. The number of carbonyl (C=O) groups is 1. The molecule has 5 nitrogen and oxygen atoms in total. The standard InChI is InChI=1S/C10H20N2O3.ClH/c1-7(10(13)11-14)4-12-5-8(2)15-9(3)6-12;/h7-9,14H,4-6H2,1-3H3,(H,11,13);1H. The van der Waals surface area contributed by atoms with Crippen molar-refractivity contribution in [3.8, 4) is 0 Å². The smallest absolute Gasteiger partial charge is 0.247 e. The molecule has 1 amide bonds. The molecule has 1 aliphatic rings. The monoisotopic (exact) mass is 252 g/mol. The van der Waals surface area contributed by atoms with Crippen LogP contribution in [0.5, 0.6) is 0 Å². The first-order valence-electron chi connectivity index (χ1n) is 5.34. The van der Waals surface area contributed by atoms with Crippen molar-refractivity contribution in [3.05, 3.63) is 0 Å². The van der Waals surface area contributed by atoms with Gasteiger partial charge in [0.25, 0.3) is 0 Å². The lowest BCUT2D eigenvalue weighted by Gasteiger charge is -2.36. The van der Waals surface area contributed by atoms with E-state index >= 15 is 0 Å². The maximum Gasteiger partial charge on any atom is 0.247 e. The van der Waals surface area contributed by atoms with E-state index in [0.717, 1.165) is 13.1 Å². The second kappa shape index (κ2) is 7.06. The molecular weight excluding hydrogens is 232 g/mol. The summed E-state index contributed by atoms with van der Waals surface area (Å²) >= 11 is 0. The predicted octanol–water partition coefficient (Wildman–Crippen LogP) is 0.659. The molecule has 2 N–H and O–H groups in total. The number of hydroxylamine groups is 1. The first-order chi connectivity index (χ1) is 7.02. The number of hydrogen-bond donors (Lipinski definition) is 2. The summed E-state index contributed by atoms with van der Waals surface area (Å²) in [4.78, 5) is 13.3. The molecule has 0 aliphatic carbocycles. The predicted molar refractivity (Wildman–Crippen MR) is 62.8 cm³/mol. The third kappa shape index (κ3) is 4.65. The molecule has 1 rings (SSSR count). The topological polar surface area (TPSA) is 61.8 Å². The van der Waals surface area contributed by atoms with E-state index in [-0.39, 0.29) is 36.4 Å². The van der Waals surface area contributed by atoms with Crippen LogP contribution >= 0.6 is 12.4 Å². The summed E-state index contributed by atoms with van der Waals surface area (Å²) in [5.41, 5.74) is 1.68. The zero-order valence-corrected chi connectivity index (χ0v) is 10.8. The molecule has 0 bridgehead atoms. The van der Waals surface area contributed by atoms with Crippen LogP contribution in [-0.2, 0) is 9.53 Å². The summed E-state index contributed by atoms with van der Waals surface area (Å²) in [6.07, 6.45) is 0.413. The number of morpholine rings is 1. The molecule has 0 aromatic carbocycles. The molecule has 0 spiro atoms. The molecule has 96 valence electrons. The highest BCUT2D eigenvalue weighted by Crippen LogP contribution is 2.12. The van der Waals surface area contributed by atoms with Crippen molar-refractivity contribution in [2.24, 2.45) is 5.92 Å². The molecule has 0 aromatic heterocycles. The number of ether oxygens (including phenoxy) is 1. The summed E-state index contributed by atoms with van der Waals surface area (Å²) in [6.45, 7) is 8.19. The summed E-state index contributed by atoms with van der Waals surface area (Å²) < 4.78 is 5.59. The lowest BCUT2D eigenvalue weighted by molar-refractivity contribution is -0.134. The molecule has 1 fully saturated rings. The molecular formula is C10H21ClN2O3. The lowest BCUT2D eigenvalue weighted by Crippen LogP contribution is -2.48. The van der Waals surface area contributed by atoms with Crippen molar-refractivity contribution in [1.82, 2.24) is 10.4 Å². The Kier molecular flexibility index (Phi) is 6.90. The van der Waals surface area contributed by atoms with E-state index in [1.807, 2.05) is 13.8 Å². The van der Waals surface area contributed by atoms with Crippen LogP contribution in [0.15, 0.2) is 0 Å². The van der Waals surface area contributed by atoms with Crippen LogP contribution in [-0.4, -0.2) is 47.9 Å². The third-order valence-corrected chi connectivity index (χ3v) is 2.59. The normalized spacial score (nSPS) is 28.0. The fourth-order valence-corrected chi connectivity index (χ4v) is 2.01. The largest absolute Gasteiger partial charge is 0.373 e. The Morgan fingerprint density at radius 3 is 2.44 bits per heavy atom. The molecule has 3 unspecified atom stereocenters. The summed E-state index contributed by atoms with van der Waals surface area (Å²) in [5, 5.41) is 8.50. The number of carbonyl (C=O) groups excluding carboxylic acids is 1. The number of nitrogens with one attached hydrogen (secondary N) is 1. The van der Waals surface area contributed by atoms with Crippen molar-refractivity contribution in [2.45, 2.75) is 33.0 Å². The van der Waals surface area contributed by atoms with Crippen molar-refractivity contribution in [2.75, 3.05) is 19.6 Å². The molecule has 1 saturated heterocycles. The van der Waals surface area contributed by atoms with Gasteiger partial charge in [0.2, 0.25) is 5.91 Å². The van der Waals surface area contributed by atoms with E-state index in [2.05, 4.69) is 4.90 Å². The maximum atomic E-state index is 11.1. The van der Waals surface area contributed by atoms with Crippen LogP contribution in [0.4, 0.5) is 0 Å². The average molecular weight is 253 g/mol. The second-order valence-corrected chi connectivity index (χ2v) is 4.35. The van der Waals surface area contributed by atoms with Gasteiger partial charge in [0.05, 0.1) is 12.2 Å². The van der Waals surface area contributed by atoms with Gasteiger partial charge in [0.15, 0.2) is 0 Å². The maximum absolute atomic E-state index is 11.1. The molecule has 0 radical (unpaired) electrons. The van der Waals surface area contributed by atoms with Gasteiger partial charge in [-0.05, 0) is 13.8 Å². The highest BCUT2D eigenvalue weighted by atomic mass is 35.5. The van der Waals surface area contributed by atoms with Crippen molar-refractivity contribution < 1.29 is 14.7 Å². The van der Waals surface area contributed by atoms with Crippen LogP contribution in [0.25, 0.3) is 0 Å². The molecule has 1 heterocycles. The minimum Gasteiger partial charge on any atom is -0.373 e. The summed E-state index contributed by atoms with van der Waals surface area (Å²) in [7, 11) is 0. The van der Waals surface area contributed by atoms with Crippen LogP contribution < -0.4 is 5.48 Å². The van der Waals surface area contributed by atoms with Crippen molar-refractivity contribution in [1.29, 1.82) is 0 Å². The SMILES string of the molecule is CC1CN(CC(C)C(=O)NO)CC(C)O1.Cl. The number of hydrogen-bond acceptors (Lipinski definition) is 4. The number of halogens is 1. The molecule has 0 saturated carbocycles.